The van der Waals surface area contributed by atoms with Gasteiger partial charge in [0.15, 0.2) is 0 Å². The standard InChI is InChI=1S/C14H30N2O4/c1-6-15-14(3,13(17)18)7-8-16(9-10-19-4)12(2)11-20-5/h12,15H,6-11H2,1-5H3,(H,17,18). The summed E-state index contributed by atoms with van der Waals surface area (Å²) in [7, 11) is 3.34. The number of carboxylic acids is 1. The molecule has 0 heterocycles. The summed E-state index contributed by atoms with van der Waals surface area (Å²) >= 11 is 0. The largest absolute Gasteiger partial charge is 0.480 e. The predicted octanol–water partition coefficient (Wildman–Crippen LogP) is 0.813. The first-order valence-corrected chi connectivity index (χ1v) is 7.11. The monoisotopic (exact) mass is 290 g/mol. The van der Waals surface area contributed by atoms with E-state index in [1.807, 2.05) is 6.92 Å². The van der Waals surface area contributed by atoms with Crippen LogP contribution in [0.5, 0.6) is 0 Å². The number of carbonyl (C=O) groups is 1. The van der Waals surface area contributed by atoms with E-state index in [-0.39, 0.29) is 6.04 Å². The van der Waals surface area contributed by atoms with Crippen molar-refractivity contribution in [2.75, 3.05) is 47.1 Å². The van der Waals surface area contributed by atoms with E-state index in [0.717, 1.165) is 6.54 Å². The molecule has 0 spiro atoms. The molecule has 2 unspecified atom stereocenters. The Kier molecular flexibility index (Phi) is 9.75. The van der Waals surface area contributed by atoms with Gasteiger partial charge in [-0.3, -0.25) is 9.69 Å². The highest BCUT2D eigenvalue weighted by Gasteiger charge is 2.32. The van der Waals surface area contributed by atoms with Crippen LogP contribution in [-0.4, -0.2) is 74.6 Å². The van der Waals surface area contributed by atoms with Gasteiger partial charge in [0.05, 0.1) is 13.2 Å². The number of aliphatic carboxylic acids is 1. The summed E-state index contributed by atoms with van der Waals surface area (Å²) < 4.78 is 10.3. The number of ether oxygens (including phenoxy) is 2. The second-order valence-electron chi connectivity index (χ2n) is 5.25. The lowest BCUT2D eigenvalue weighted by Crippen LogP contribution is -2.52. The SMILES string of the molecule is CCNC(C)(CCN(CCOC)C(C)COC)C(=O)O. The average Bonchev–Trinajstić information content (AvgIpc) is 2.39. The number of nitrogens with one attached hydrogen (secondary N) is 1. The molecule has 6 nitrogen and oxygen atoms in total. The molecule has 0 radical (unpaired) electrons. The molecule has 20 heavy (non-hydrogen) atoms. The molecular weight excluding hydrogens is 260 g/mol. The number of nitrogens with zero attached hydrogens (tertiary/aromatic N) is 1. The van der Waals surface area contributed by atoms with E-state index >= 15 is 0 Å². The summed E-state index contributed by atoms with van der Waals surface area (Å²) in [6, 6.07) is 0.231. The molecule has 2 N–H and O–H groups in total. The Morgan fingerprint density at radius 2 is 2.00 bits per heavy atom. The molecule has 0 aliphatic carbocycles. The maximum absolute atomic E-state index is 11.4. The highest BCUT2D eigenvalue weighted by molar-refractivity contribution is 5.78. The molecule has 0 aromatic carbocycles. The van der Waals surface area contributed by atoms with Gasteiger partial charge in [-0.2, -0.15) is 0 Å². The Hall–Kier alpha value is -0.690. The van der Waals surface area contributed by atoms with E-state index < -0.39 is 11.5 Å². The highest BCUT2D eigenvalue weighted by atomic mass is 16.5. The minimum Gasteiger partial charge on any atom is -0.480 e. The third-order valence-electron chi connectivity index (χ3n) is 3.55. The van der Waals surface area contributed by atoms with Crippen molar-refractivity contribution >= 4 is 5.97 Å². The van der Waals surface area contributed by atoms with E-state index in [2.05, 4.69) is 17.1 Å². The predicted molar refractivity (Wildman–Crippen MR) is 79.1 cm³/mol. The number of likely N-dealkylation sites (N-methyl/N-ethyl adjacent to an activating group) is 1. The molecule has 0 saturated carbocycles. The fourth-order valence-corrected chi connectivity index (χ4v) is 2.14. The van der Waals surface area contributed by atoms with Crippen molar-refractivity contribution in [1.29, 1.82) is 0 Å². The van der Waals surface area contributed by atoms with Crippen LogP contribution in [-0.2, 0) is 14.3 Å². The first kappa shape index (κ1) is 19.3. The topological polar surface area (TPSA) is 71.0 Å². The molecule has 6 heteroatoms. The zero-order chi connectivity index (χ0) is 15.6. The average molecular weight is 290 g/mol. The van der Waals surface area contributed by atoms with Gasteiger partial charge in [-0.25, -0.2) is 0 Å². The third-order valence-corrected chi connectivity index (χ3v) is 3.55. The second-order valence-corrected chi connectivity index (χ2v) is 5.25. The van der Waals surface area contributed by atoms with E-state index in [1.54, 1.807) is 21.1 Å². The van der Waals surface area contributed by atoms with Crippen LogP contribution in [0.2, 0.25) is 0 Å². The molecule has 0 saturated heterocycles. The molecule has 0 rings (SSSR count). The molecular formula is C14H30N2O4. The highest BCUT2D eigenvalue weighted by Crippen LogP contribution is 2.13. The van der Waals surface area contributed by atoms with Crippen molar-refractivity contribution in [2.24, 2.45) is 0 Å². The van der Waals surface area contributed by atoms with Crippen molar-refractivity contribution < 1.29 is 19.4 Å². The van der Waals surface area contributed by atoms with Gasteiger partial charge in [0, 0.05) is 33.4 Å². The smallest absolute Gasteiger partial charge is 0.323 e. The van der Waals surface area contributed by atoms with Crippen LogP contribution in [0.4, 0.5) is 0 Å². The first-order valence-electron chi connectivity index (χ1n) is 7.11. The molecule has 2 atom stereocenters. The van der Waals surface area contributed by atoms with Crippen molar-refractivity contribution in [3.8, 4) is 0 Å². The van der Waals surface area contributed by atoms with Gasteiger partial charge in [0.2, 0.25) is 0 Å². The summed E-state index contributed by atoms with van der Waals surface area (Å²) in [6.07, 6.45) is 0.536. The number of methoxy groups -OCH3 is 2. The Balaban J connectivity index is 4.58. The summed E-state index contributed by atoms with van der Waals surface area (Å²) in [5.74, 6) is -0.814. The van der Waals surface area contributed by atoms with Crippen LogP contribution in [0, 0.1) is 0 Å². The molecule has 0 bridgehead atoms. The van der Waals surface area contributed by atoms with E-state index in [0.29, 0.717) is 32.7 Å². The minimum absolute atomic E-state index is 0.231. The number of rotatable bonds is 12. The fourth-order valence-electron chi connectivity index (χ4n) is 2.14. The summed E-state index contributed by atoms with van der Waals surface area (Å²) in [5.41, 5.74) is -0.896. The lowest BCUT2D eigenvalue weighted by Gasteiger charge is -2.33. The molecule has 0 aromatic rings. The maximum Gasteiger partial charge on any atom is 0.323 e. The summed E-state index contributed by atoms with van der Waals surface area (Å²) in [6.45, 7) is 9.05. The number of hydrogen-bond acceptors (Lipinski definition) is 5. The fraction of sp³-hybridized carbons (Fsp3) is 0.929. The van der Waals surface area contributed by atoms with Crippen molar-refractivity contribution in [2.45, 2.75) is 38.8 Å². The van der Waals surface area contributed by atoms with Crippen molar-refractivity contribution in [3.63, 3.8) is 0 Å². The van der Waals surface area contributed by atoms with Gasteiger partial charge >= 0.3 is 5.97 Å². The van der Waals surface area contributed by atoms with Crippen LogP contribution in [0.1, 0.15) is 27.2 Å². The minimum atomic E-state index is -0.896. The molecule has 0 aliphatic rings. The molecule has 0 amide bonds. The van der Waals surface area contributed by atoms with Gasteiger partial charge in [-0.1, -0.05) is 6.92 Å². The van der Waals surface area contributed by atoms with Crippen LogP contribution in [0.3, 0.4) is 0 Å². The Labute approximate surface area is 122 Å². The Morgan fingerprint density at radius 1 is 1.35 bits per heavy atom. The lowest BCUT2D eigenvalue weighted by atomic mass is 9.97. The molecule has 120 valence electrons. The van der Waals surface area contributed by atoms with Gasteiger partial charge in [0.1, 0.15) is 5.54 Å². The van der Waals surface area contributed by atoms with Gasteiger partial charge in [0.25, 0.3) is 0 Å². The second kappa shape index (κ2) is 10.1. The Morgan fingerprint density at radius 3 is 2.45 bits per heavy atom. The van der Waals surface area contributed by atoms with Crippen molar-refractivity contribution in [1.82, 2.24) is 10.2 Å². The zero-order valence-corrected chi connectivity index (χ0v) is 13.4. The Bertz CT molecular complexity index is 276. The van der Waals surface area contributed by atoms with Crippen LogP contribution < -0.4 is 5.32 Å². The van der Waals surface area contributed by atoms with Gasteiger partial charge in [-0.05, 0) is 26.8 Å². The molecule has 0 aromatic heterocycles. The van der Waals surface area contributed by atoms with E-state index in [9.17, 15) is 9.90 Å². The normalized spacial score (nSPS) is 16.1. The van der Waals surface area contributed by atoms with Crippen LogP contribution >= 0.6 is 0 Å². The lowest BCUT2D eigenvalue weighted by molar-refractivity contribution is -0.144. The van der Waals surface area contributed by atoms with Crippen LogP contribution in [0.25, 0.3) is 0 Å². The number of carboxylic acid groups (broad SMARTS) is 1. The van der Waals surface area contributed by atoms with Gasteiger partial charge in [-0.15, -0.1) is 0 Å². The first-order chi connectivity index (χ1) is 9.41. The van der Waals surface area contributed by atoms with Crippen molar-refractivity contribution in [3.05, 3.63) is 0 Å². The third kappa shape index (κ3) is 6.65. The zero-order valence-electron chi connectivity index (χ0n) is 13.4. The molecule has 0 fully saturated rings. The van der Waals surface area contributed by atoms with Gasteiger partial charge < -0.3 is 19.9 Å². The summed E-state index contributed by atoms with van der Waals surface area (Å²) in [4.78, 5) is 13.6. The number of hydrogen-bond donors (Lipinski definition) is 2. The van der Waals surface area contributed by atoms with Crippen LogP contribution in [0.15, 0.2) is 0 Å². The van der Waals surface area contributed by atoms with E-state index in [1.165, 1.54) is 0 Å². The quantitative estimate of drug-likeness (QED) is 0.554. The maximum atomic E-state index is 11.4. The summed E-state index contributed by atoms with van der Waals surface area (Å²) in [5, 5.41) is 12.4. The molecule has 0 aliphatic heterocycles. The van der Waals surface area contributed by atoms with E-state index in [4.69, 9.17) is 9.47 Å².